The zero-order chi connectivity index (χ0) is 14.6. The Bertz CT molecular complexity index is 509. The van der Waals surface area contributed by atoms with Gasteiger partial charge in [-0.15, -0.1) is 0 Å². The highest BCUT2D eigenvalue weighted by molar-refractivity contribution is 7.89. The van der Waals surface area contributed by atoms with Crippen LogP contribution in [0.15, 0.2) is 29.2 Å². The highest BCUT2D eigenvalue weighted by atomic mass is 32.2. The molecule has 108 valence electrons. The van der Waals surface area contributed by atoms with E-state index in [-0.39, 0.29) is 4.90 Å². The van der Waals surface area contributed by atoms with Gasteiger partial charge in [0.2, 0.25) is 10.0 Å². The molecule has 0 aliphatic heterocycles. The van der Waals surface area contributed by atoms with Gasteiger partial charge in [-0.3, -0.25) is 0 Å². The standard InChI is InChI=1S/C14H23NO3S/c1-11(2)9-13(16)10-12-7-5-6-8-14(12)19(17,18)15(3)4/h5-8,11,13,16H,9-10H2,1-4H3. The minimum atomic E-state index is -3.46. The van der Waals surface area contributed by atoms with E-state index in [1.165, 1.54) is 18.4 Å². The van der Waals surface area contributed by atoms with E-state index in [1.54, 1.807) is 24.3 Å². The molecular formula is C14H23NO3S. The van der Waals surface area contributed by atoms with Crippen molar-refractivity contribution in [1.82, 2.24) is 4.31 Å². The summed E-state index contributed by atoms with van der Waals surface area (Å²) in [7, 11) is -0.438. The summed E-state index contributed by atoms with van der Waals surface area (Å²) in [5.74, 6) is 0.382. The van der Waals surface area contributed by atoms with Crippen LogP contribution in [0, 0.1) is 5.92 Å². The molecular weight excluding hydrogens is 262 g/mol. The molecule has 1 atom stereocenters. The van der Waals surface area contributed by atoms with E-state index in [2.05, 4.69) is 0 Å². The summed E-state index contributed by atoms with van der Waals surface area (Å²) in [6.45, 7) is 4.07. The Morgan fingerprint density at radius 1 is 1.21 bits per heavy atom. The van der Waals surface area contributed by atoms with Gasteiger partial charge in [0.05, 0.1) is 11.0 Å². The molecule has 0 spiro atoms. The number of benzene rings is 1. The summed E-state index contributed by atoms with van der Waals surface area (Å²) in [6, 6.07) is 6.85. The predicted octanol–water partition coefficient (Wildman–Crippen LogP) is 1.89. The highest BCUT2D eigenvalue weighted by Crippen LogP contribution is 2.21. The van der Waals surface area contributed by atoms with Crippen LogP contribution in [0.3, 0.4) is 0 Å². The number of hydrogen-bond donors (Lipinski definition) is 1. The fourth-order valence-corrected chi connectivity index (χ4v) is 3.13. The van der Waals surface area contributed by atoms with Gasteiger partial charge < -0.3 is 5.11 Å². The molecule has 1 N–H and O–H groups in total. The van der Waals surface area contributed by atoms with Crippen LogP contribution in [0.4, 0.5) is 0 Å². The first-order valence-corrected chi connectivity index (χ1v) is 7.87. The summed E-state index contributed by atoms with van der Waals surface area (Å²) in [5.41, 5.74) is 0.671. The average molecular weight is 285 g/mol. The van der Waals surface area contributed by atoms with E-state index in [0.29, 0.717) is 24.3 Å². The molecule has 0 aliphatic carbocycles. The fraction of sp³-hybridized carbons (Fsp3) is 0.571. The molecule has 0 aromatic heterocycles. The van der Waals surface area contributed by atoms with Crippen molar-refractivity contribution >= 4 is 10.0 Å². The molecule has 0 aliphatic rings. The molecule has 0 radical (unpaired) electrons. The van der Waals surface area contributed by atoms with Crippen LogP contribution < -0.4 is 0 Å². The molecule has 1 aromatic rings. The van der Waals surface area contributed by atoms with Crippen molar-refractivity contribution in [2.45, 2.75) is 37.7 Å². The maximum absolute atomic E-state index is 12.2. The van der Waals surface area contributed by atoms with Crippen LogP contribution in [0.2, 0.25) is 0 Å². The molecule has 1 aromatic carbocycles. The molecule has 0 saturated heterocycles. The second-order valence-corrected chi connectivity index (χ2v) is 7.50. The van der Waals surface area contributed by atoms with Crippen LogP contribution in [-0.4, -0.2) is 38.0 Å². The topological polar surface area (TPSA) is 57.6 Å². The Labute approximate surface area is 116 Å². The average Bonchev–Trinajstić information content (AvgIpc) is 2.27. The van der Waals surface area contributed by atoms with Crippen molar-refractivity contribution in [1.29, 1.82) is 0 Å². The van der Waals surface area contributed by atoms with Gasteiger partial charge in [-0.1, -0.05) is 32.0 Å². The number of sulfonamides is 1. The van der Waals surface area contributed by atoms with Gasteiger partial charge in [0.15, 0.2) is 0 Å². The molecule has 1 unspecified atom stereocenters. The first-order valence-electron chi connectivity index (χ1n) is 6.43. The van der Waals surface area contributed by atoms with E-state index in [1.807, 2.05) is 13.8 Å². The number of nitrogens with zero attached hydrogens (tertiary/aromatic N) is 1. The van der Waals surface area contributed by atoms with Crippen molar-refractivity contribution in [3.05, 3.63) is 29.8 Å². The third kappa shape index (κ3) is 4.30. The Balaban J connectivity index is 3.04. The van der Waals surface area contributed by atoms with Crippen molar-refractivity contribution in [2.24, 2.45) is 5.92 Å². The summed E-state index contributed by atoms with van der Waals surface area (Å²) in [6.07, 6.45) is 0.510. The molecule has 0 heterocycles. The van der Waals surface area contributed by atoms with Crippen LogP contribution in [-0.2, 0) is 16.4 Å². The molecule has 0 fully saturated rings. The lowest BCUT2D eigenvalue weighted by atomic mass is 10.00. The van der Waals surface area contributed by atoms with E-state index in [0.717, 1.165) is 0 Å². The maximum Gasteiger partial charge on any atom is 0.242 e. The van der Waals surface area contributed by atoms with Gasteiger partial charge in [-0.2, -0.15) is 0 Å². The Kier molecular flexibility index (Phi) is 5.52. The SMILES string of the molecule is CC(C)CC(O)Cc1ccccc1S(=O)(=O)N(C)C. The van der Waals surface area contributed by atoms with Crippen LogP contribution >= 0.6 is 0 Å². The fourth-order valence-electron chi connectivity index (χ4n) is 2.00. The molecule has 4 nitrogen and oxygen atoms in total. The molecule has 0 amide bonds. The van der Waals surface area contributed by atoms with Crippen LogP contribution in [0.25, 0.3) is 0 Å². The number of aliphatic hydroxyl groups excluding tert-OH is 1. The third-order valence-corrected chi connectivity index (χ3v) is 4.85. The van der Waals surface area contributed by atoms with Gasteiger partial charge in [-0.25, -0.2) is 12.7 Å². The van der Waals surface area contributed by atoms with Gasteiger partial charge in [0.1, 0.15) is 0 Å². The number of aliphatic hydroxyl groups is 1. The molecule has 1 rings (SSSR count). The smallest absolute Gasteiger partial charge is 0.242 e. The first kappa shape index (κ1) is 16.1. The summed E-state index contributed by atoms with van der Waals surface area (Å²) < 4.78 is 25.6. The summed E-state index contributed by atoms with van der Waals surface area (Å²) in [5, 5.41) is 9.99. The molecule has 0 saturated carbocycles. The largest absolute Gasteiger partial charge is 0.393 e. The Morgan fingerprint density at radius 3 is 2.32 bits per heavy atom. The zero-order valence-corrected chi connectivity index (χ0v) is 12.8. The number of hydrogen-bond acceptors (Lipinski definition) is 3. The van der Waals surface area contributed by atoms with Crippen molar-refractivity contribution in [3.63, 3.8) is 0 Å². The lowest BCUT2D eigenvalue weighted by molar-refractivity contribution is 0.148. The van der Waals surface area contributed by atoms with E-state index in [9.17, 15) is 13.5 Å². The van der Waals surface area contributed by atoms with Crippen molar-refractivity contribution in [2.75, 3.05) is 14.1 Å². The van der Waals surface area contributed by atoms with E-state index in [4.69, 9.17) is 0 Å². The van der Waals surface area contributed by atoms with Gasteiger partial charge in [-0.05, 0) is 30.4 Å². The lowest BCUT2D eigenvalue weighted by Gasteiger charge is -2.18. The minimum Gasteiger partial charge on any atom is -0.393 e. The lowest BCUT2D eigenvalue weighted by Crippen LogP contribution is -2.24. The van der Waals surface area contributed by atoms with E-state index < -0.39 is 16.1 Å². The Morgan fingerprint density at radius 2 is 1.79 bits per heavy atom. The van der Waals surface area contributed by atoms with Gasteiger partial charge in [0, 0.05) is 14.1 Å². The quantitative estimate of drug-likeness (QED) is 0.868. The summed E-state index contributed by atoms with van der Waals surface area (Å²) >= 11 is 0. The first-order chi connectivity index (χ1) is 8.75. The predicted molar refractivity (Wildman–Crippen MR) is 76.5 cm³/mol. The zero-order valence-electron chi connectivity index (χ0n) is 12.0. The molecule has 5 heteroatoms. The monoisotopic (exact) mass is 285 g/mol. The second-order valence-electron chi connectivity index (χ2n) is 5.38. The summed E-state index contributed by atoms with van der Waals surface area (Å²) in [4.78, 5) is 0.280. The van der Waals surface area contributed by atoms with Gasteiger partial charge in [0.25, 0.3) is 0 Å². The van der Waals surface area contributed by atoms with Crippen LogP contribution in [0.1, 0.15) is 25.8 Å². The van der Waals surface area contributed by atoms with Crippen molar-refractivity contribution in [3.8, 4) is 0 Å². The van der Waals surface area contributed by atoms with E-state index >= 15 is 0 Å². The molecule has 19 heavy (non-hydrogen) atoms. The molecule has 0 bridgehead atoms. The van der Waals surface area contributed by atoms with Crippen LogP contribution in [0.5, 0.6) is 0 Å². The number of rotatable bonds is 6. The highest BCUT2D eigenvalue weighted by Gasteiger charge is 2.22. The Hall–Kier alpha value is -0.910. The maximum atomic E-state index is 12.2. The third-order valence-electron chi connectivity index (χ3n) is 2.93. The normalized spacial score (nSPS) is 14.1. The minimum absolute atomic E-state index is 0.280. The van der Waals surface area contributed by atoms with Crippen molar-refractivity contribution < 1.29 is 13.5 Å². The second kappa shape index (κ2) is 6.50. The van der Waals surface area contributed by atoms with Gasteiger partial charge >= 0.3 is 0 Å².